The molecule has 0 heterocycles. The quantitative estimate of drug-likeness (QED) is 0.155. The summed E-state index contributed by atoms with van der Waals surface area (Å²) in [7, 11) is 0. The normalized spacial score (nSPS) is 11.8. The van der Waals surface area contributed by atoms with Crippen LogP contribution in [0.15, 0.2) is 60.7 Å². The lowest BCUT2D eigenvalue weighted by Gasteiger charge is -2.13. The smallest absolute Gasteiger partial charge is 0.131 e. The average Bonchev–Trinajstić information content (AvgIpc) is 2.89. The highest BCUT2D eigenvalue weighted by atomic mass is 16.3. The van der Waals surface area contributed by atoms with Gasteiger partial charge in [-0.25, -0.2) is 0 Å². The Bertz CT molecular complexity index is 1410. The van der Waals surface area contributed by atoms with E-state index >= 15 is 0 Å². The number of aryl methyl sites for hydroxylation is 2. The Morgan fingerprint density at radius 1 is 0.444 bits per heavy atom. The van der Waals surface area contributed by atoms with Crippen LogP contribution in [0, 0.1) is 0 Å². The van der Waals surface area contributed by atoms with Crippen molar-refractivity contribution in [2.24, 2.45) is 0 Å². The van der Waals surface area contributed by atoms with Crippen LogP contribution < -0.4 is 0 Å². The van der Waals surface area contributed by atoms with Crippen molar-refractivity contribution in [3.8, 4) is 11.5 Å². The van der Waals surface area contributed by atoms with Crippen LogP contribution in [-0.2, 0) is 12.8 Å². The molecule has 0 aliphatic heterocycles. The number of fused-ring (bicyclic) bond motifs is 4. The standard InChI is InChI=1S/C34H38O2/c1-3-5-7-9-11-23-13-15-25-19-27-22-32-28(21-31(27)33(35)29(25)17-23)20-26-16-14-24(12-10-8-6-4-2)18-30(26)34(32)36/h13-22,35-36H,3-12H2,1-2H3. The Labute approximate surface area is 214 Å². The first-order valence-corrected chi connectivity index (χ1v) is 13.9. The van der Waals surface area contributed by atoms with Crippen molar-refractivity contribution in [3.05, 3.63) is 71.8 Å². The number of hydrogen-bond acceptors (Lipinski definition) is 2. The highest BCUT2D eigenvalue weighted by Crippen LogP contribution is 2.41. The third kappa shape index (κ3) is 4.87. The summed E-state index contributed by atoms with van der Waals surface area (Å²) in [6.45, 7) is 4.47. The zero-order valence-electron chi connectivity index (χ0n) is 21.7. The molecule has 2 N–H and O–H groups in total. The average molecular weight is 479 g/mol. The summed E-state index contributed by atoms with van der Waals surface area (Å²) in [5, 5.41) is 30.0. The van der Waals surface area contributed by atoms with Crippen molar-refractivity contribution in [1.82, 2.24) is 0 Å². The van der Waals surface area contributed by atoms with E-state index in [1.54, 1.807) is 0 Å². The molecule has 0 fully saturated rings. The molecule has 0 spiro atoms. The van der Waals surface area contributed by atoms with Gasteiger partial charge in [0.2, 0.25) is 0 Å². The van der Waals surface area contributed by atoms with Crippen LogP contribution in [0.25, 0.3) is 43.1 Å². The van der Waals surface area contributed by atoms with Gasteiger partial charge < -0.3 is 10.2 Å². The van der Waals surface area contributed by atoms with E-state index in [4.69, 9.17) is 0 Å². The zero-order chi connectivity index (χ0) is 25.1. The van der Waals surface area contributed by atoms with Gasteiger partial charge in [-0.2, -0.15) is 0 Å². The monoisotopic (exact) mass is 478 g/mol. The van der Waals surface area contributed by atoms with Gasteiger partial charge in [-0.15, -0.1) is 0 Å². The summed E-state index contributed by atoms with van der Waals surface area (Å²) in [5.74, 6) is 0.670. The van der Waals surface area contributed by atoms with Gasteiger partial charge in [0.15, 0.2) is 0 Å². The minimum Gasteiger partial charge on any atom is -0.507 e. The number of phenolic OH excluding ortho intramolecular Hbond substituents is 2. The Morgan fingerprint density at radius 3 is 1.28 bits per heavy atom. The molecule has 2 heteroatoms. The number of aromatic hydroxyl groups is 2. The number of rotatable bonds is 10. The number of hydrogen-bond donors (Lipinski definition) is 2. The second kappa shape index (κ2) is 10.8. The molecule has 0 aromatic heterocycles. The molecule has 0 saturated carbocycles. The maximum Gasteiger partial charge on any atom is 0.131 e. The summed E-state index contributed by atoms with van der Waals surface area (Å²) in [5.41, 5.74) is 2.56. The van der Waals surface area contributed by atoms with Crippen molar-refractivity contribution in [2.75, 3.05) is 0 Å². The van der Waals surface area contributed by atoms with E-state index < -0.39 is 0 Å². The molecular weight excluding hydrogens is 440 g/mol. The molecule has 2 nitrogen and oxygen atoms in total. The van der Waals surface area contributed by atoms with Crippen LogP contribution in [0.4, 0.5) is 0 Å². The van der Waals surface area contributed by atoms with E-state index in [0.717, 1.165) is 55.9 Å². The highest BCUT2D eigenvalue weighted by Gasteiger charge is 2.13. The minimum absolute atomic E-state index is 0.335. The Balaban J connectivity index is 1.55. The minimum atomic E-state index is 0.335. The van der Waals surface area contributed by atoms with Crippen LogP contribution in [0.3, 0.4) is 0 Å². The van der Waals surface area contributed by atoms with Gasteiger partial charge in [-0.3, -0.25) is 0 Å². The van der Waals surface area contributed by atoms with Gasteiger partial charge in [-0.05, 0) is 94.8 Å². The second-order valence-electron chi connectivity index (χ2n) is 10.5. The fourth-order valence-corrected chi connectivity index (χ4v) is 5.60. The van der Waals surface area contributed by atoms with Crippen molar-refractivity contribution in [2.45, 2.75) is 78.1 Å². The zero-order valence-corrected chi connectivity index (χ0v) is 21.7. The highest BCUT2D eigenvalue weighted by molar-refractivity contribution is 6.14. The first-order chi connectivity index (χ1) is 17.6. The first kappa shape index (κ1) is 24.4. The van der Waals surface area contributed by atoms with Crippen molar-refractivity contribution in [1.29, 1.82) is 0 Å². The molecule has 0 aliphatic rings. The number of benzene rings is 5. The Morgan fingerprint density at radius 2 is 0.861 bits per heavy atom. The lowest BCUT2D eigenvalue weighted by atomic mass is 9.94. The predicted octanol–water partition coefficient (Wildman–Crippen LogP) is 9.96. The van der Waals surface area contributed by atoms with Crippen LogP contribution in [0.5, 0.6) is 11.5 Å². The van der Waals surface area contributed by atoms with E-state index in [2.05, 4.69) is 62.4 Å². The molecule has 0 unspecified atom stereocenters. The van der Waals surface area contributed by atoms with Crippen LogP contribution in [0.1, 0.15) is 76.3 Å². The molecule has 5 rings (SSSR count). The summed E-state index contributed by atoms with van der Waals surface area (Å²) < 4.78 is 0. The number of unbranched alkanes of at least 4 members (excludes halogenated alkanes) is 6. The van der Waals surface area contributed by atoms with Crippen molar-refractivity contribution < 1.29 is 10.2 Å². The van der Waals surface area contributed by atoms with E-state index in [9.17, 15) is 10.2 Å². The van der Waals surface area contributed by atoms with Gasteiger partial charge in [0.05, 0.1) is 0 Å². The van der Waals surface area contributed by atoms with Gasteiger partial charge in [0, 0.05) is 21.5 Å². The summed E-state index contributed by atoms with van der Waals surface area (Å²) >= 11 is 0. The molecule has 5 aromatic carbocycles. The maximum absolute atomic E-state index is 11.3. The molecule has 36 heavy (non-hydrogen) atoms. The molecule has 186 valence electrons. The summed E-state index contributed by atoms with van der Waals surface area (Å²) in [6.07, 6.45) is 12.0. The van der Waals surface area contributed by atoms with Gasteiger partial charge in [0.1, 0.15) is 11.5 Å². The molecule has 0 radical (unpaired) electrons. The fraction of sp³-hybridized carbons (Fsp3) is 0.353. The molecule has 0 atom stereocenters. The Hall–Kier alpha value is -3.26. The first-order valence-electron chi connectivity index (χ1n) is 13.9. The lowest BCUT2D eigenvalue weighted by molar-refractivity contribution is 0.486. The largest absolute Gasteiger partial charge is 0.507 e. The van der Waals surface area contributed by atoms with Crippen LogP contribution in [0.2, 0.25) is 0 Å². The lowest BCUT2D eigenvalue weighted by Crippen LogP contribution is -1.89. The van der Waals surface area contributed by atoms with E-state index in [1.807, 2.05) is 12.1 Å². The molecule has 0 bridgehead atoms. The van der Waals surface area contributed by atoms with Crippen LogP contribution in [-0.4, -0.2) is 10.2 Å². The van der Waals surface area contributed by atoms with Crippen molar-refractivity contribution in [3.63, 3.8) is 0 Å². The number of phenols is 2. The fourth-order valence-electron chi connectivity index (χ4n) is 5.60. The third-order valence-corrected chi connectivity index (χ3v) is 7.74. The van der Waals surface area contributed by atoms with Crippen LogP contribution >= 0.6 is 0 Å². The van der Waals surface area contributed by atoms with Gasteiger partial charge in [0.25, 0.3) is 0 Å². The topological polar surface area (TPSA) is 40.5 Å². The van der Waals surface area contributed by atoms with Gasteiger partial charge in [-0.1, -0.05) is 76.6 Å². The molecular formula is C34H38O2. The molecule has 5 aromatic rings. The summed E-state index contributed by atoms with van der Waals surface area (Å²) in [4.78, 5) is 0. The second-order valence-corrected chi connectivity index (χ2v) is 10.5. The van der Waals surface area contributed by atoms with E-state index in [1.165, 1.54) is 62.5 Å². The predicted molar refractivity (Wildman–Crippen MR) is 155 cm³/mol. The van der Waals surface area contributed by atoms with Crippen molar-refractivity contribution >= 4 is 43.1 Å². The molecule has 0 saturated heterocycles. The van der Waals surface area contributed by atoms with E-state index in [-0.39, 0.29) is 0 Å². The SMILES string of the molecule is CCCCCCc1ccc2cc3cc4c(O)c5cc(CCCCCC)ccc5cc4cc3c(O)c2c1. The third-order valence-electron chi connectivity index (χ3n) is 7.74. The summed E-state index contributed by atoms with van der Waals surface area (Å²) in [6, 6.07) is 21.3. The Kier molecular flexibility index (Phi) is 7.32. The molecule has 0 amide bonds. The maximum atomic E-state index is 11.3. The van der Waals surface area contributed by atoms with E-state index in [0.29, 0.717) is 11.5 Å². The molecule has 0 aliphatic carbocycles. The van der Waals surface area contributed by atoms with Gasteiger partial charge >= 0.3 is 0 Å².